The van der Waals surface area contributed by atoms with E-state index in [4.69, 9.17) is 0 Å². The zero-order valence-corrected chi connectivity index (χ0v) is 14.9. The van der Waals surface area contributed by atoms with Gasteiger partial charge in [0.1, 0.15) is 5.82 Å². The van der Waals surface area contributed by atoms with Crippen molar-refractivity contribution < 1.29 is 4.39 Å². The van der Waals surface area contributed by atoms with Crippen molar-refractivity contribution in [2.45, 2.75) is 57.7 Å². The van der Waals surface area contributed by atoms with Crippen molar-refractivity contribution >= 4 is 0 Å². The van der Waals surface area contributed by atoms with E-state index in [2.05, 4.69) is 41.3 Å². The lowest BCUT2D eigenvalue weighted by molar-refractivity contribution is 0.0880. The summed E-state index contributed by atoms with van der Waals surface area (Å²) >= 11 is 0. The first-order valence-electron chi connectivity index (χ1n) is 9.43. The number of hydrogen-bond acceptors (Lipinski definition) is 1. The van der Waals surface area contributed by atoms with E-state index in [9.17, 15) is 4.39 Å². The number of piperidine rings is 1. The first kappa shape index (κ1) is 16.5. The molecule has 2 aliphatic rings. The Morgan fingerprint density at radius 3 is 2.68 bits per heavy atom. The highest BCUT2D eigenvalue weighted by molar-refractivity contribution is 5.32. The molecule has 2 aliphatic heterocycles. The minimum Gasteiger partial charge on any atom is -0.289 e. The first-order valence-corrected chi connectivity index (χ1v) is 9.43. The number of fused-ring (bicyclic) bond motifs is 2. The highest BCUT2D eigenvalue weighted by Crippen LogP contribution is 2.35. The van der Waals surface area contributed by atoms with Crippen LogP contribution in [0.3, 0.4) is 0 Å². The number of rotatable bonds is 4. The van der Waals surface area contributed by atoms with Crippen molar-refractivity contribution in [3.05, 3.63) is 82.7 Å². The van der Waals surface area contributed by atoms with Gasteiger partial charge in [-0.1, -0.05) is 54.5 Å². The molecule has 2 bridgehead atoms. The monoisotopic (exact) mass is 335 g/mol. The maximum absolute atomic E-state index is 13.4. The minimum atomic E-state index is -0.134. The van der Waals surface area contributed by atoms with Crippen molar-refractivity contribution in [3.63, 3.8) is 0 Å². The van der Waals surface area contributed by atoms with E-state index < -0.39 is 0 Å². The standard InChI is InChI=1S/C23H26FN/c1-17-12-21(24)11-10-20(17)13-19-14-22-8-5-9-23(15-19)25(22)16-18-6-3-2-4-7-18/h2-4,6-7,10-12,14,22-23H,5,8-9,13,15-16H2,1H3. The van der Waals surface area contributed by atoms with E-state index in [0.717, 1.165) is 24.9 Å². The largest absolute Gasteiger partial charge is 0.289 e. The van der Waals surface area contributed by atoms with Gasteiger partial charge in [-0.25, -0.2) is 4.39 Å². The molecule has 2 atom stereocenters. The molecule has 130 valence electrons. The third kappa shape index (κ3) is 3.69. The summed E-state index contributed by atoms with van der Waals surface area (Å²) in [6.07, 6.45) is 8.51. The Morgan fingerprint density at radius 2 is 1.92 bits per heavy atom. The van der Waals surface area contributed by atoms with Crippen LogP contribution in [0.4, 0.5) is 4.39 Å². The zero-order chi connectivity index (χ0) is 17.2. The van der Waals surface area contributed by atoms with Crippen LogP contribution in [0.25, 0.3) is 0 Å². The Balaban J connectivity index is 1.52. The van der Waals surface area contributed by atoms with Crippen molar-refractivity contribution in [3.8, 4) is 0 Å². The molecule has 0 amide bonds. The number of benzene rings is 2. The van der Waals surface area contributed by atoms with Crippen molar-refractivity contribution in [2.24, 2.45) is 0 Å². The van der Waals surface area contributed by atoms with Crippen LogP contribution in [-0.2, 0) is 13.0 Å². The molecule has 0 aromatic heterocycles. The van der Waals surface area contributed by atoms with Gasteiger partial charge in [0.2, 0.25) is 0 Å². The summed E-state index contributed by atoms with van der Waals surface area (Å²) in [4.78, 5) is 2.69. The van der Waals surface area contributed by atoms with Gasteiger partial charge in [-0.15, -0.1) is 0 Å². The third-order valence-corrected chi connectivity index (χ3v) is 5.79. The fourth-order valence-corrected chi connectivity index (χ4v) is 4.48. The highest BCUT2D eigenvalue weighted by Gasteiger charge is 2.33. The fraction of sp³-hybridized carbons (Fsp3) is 0.391. The second-order valence-electron chi connectivity index (χ2n) is 7.59. The Labute approximate surface area is 150 Å². The summed E-state index contributed by atoms with van der Waals surface area (Å²) < 4.78 is 13.4. The lowest BCUT2D eigenvalue weighted by atomic mass is 9.82. The van der Waals surface area contributed by atoms with Gasteiger partial charge in [0.15, 0.2) is 0 Å². The molecule has 0 saturated carbocycles. The van der Waals surface area contributed by atoms with Gasteiger partial charge in [0, 0.05) is 18.6 Å². The first-order chi connectivity index (χ1) is 12.2. The molecule has 1 saturated heterocycles. The van der Waals surface area contributed by atoms with Crippen LogP contribution in [0.15, 0.2) is 60.2 Å². The Bertz CT molecular complexity index is 765. The number of nitrogens with zero attached hydrogens (tertiary/aromatic N) is 1. The molecular weight excluding hydrogens is 309 g/mol. The number of hydrogen-bond donors (Lipinski definition) is 0. The van der Waals surface area contributed by atoms with Gasteiger partial charge >= 0.3 is 0 Å². The van der Waals surface area contributed by atoms with Crippen LogP contribution in [0.5, 0.6) is 0 Å². The van der Waals surface area contributed by atoms with Crippen LogP contribution in [0, 0.1) is 12.7 Å². The Kier molecular flexibility index (Phi) is 4.72. The minimum absolute atomic E-state index is 0.134. The SMILES string of the molecule is Cc1cc(F)ccc1CC1=CC2CCCC(C1)N2Cc1ccccc1. The summed E-state index contributed by atoms with van der Waals surface area (Å²) in [5, 5.41) is 0. The number of halogens is 1. The molecule has 2 heterocycles. The Hall–Kier alpha value is -1.93. The molecule has 2 heteroatoms. The molecule has 1 nitrogen and oxygen atoms in total. The van der Waals surface area contributed by atoms with Gasteiger partial charge in [-0.2, -0.15) is 0 Å². The van der Waals surface area contributed by atoms with Gasteiger partial charge in [-0.3, -0.25) is 4.90 Å². The maximum Gasteiger partial charge on any atom is 0.123 e. The summed E-state index contributed by atoms with van der Waals surface area (Å²) in [6, 6.07) is 17.2. The summed E-state index contributed by atoms with van der Waals surface area (Å²) in [6.45, 7) is 3.07. The quantitative estimate of drug-likeness (QED) is 0.673. The zero-order valence-electron chi connectivity index (χ0n) is 14.9. The topological polar surface area (TPSA) is 3.24 Å². The van der Waals surface area contributed by atoms with Crippen molar-refractivity contribution in [1.29, 1.82) is 0 Å². The highest BCUT2D eigenvalue weighted by atomic mass is 19.1. The molecule has 25 heavy (non-hydrogen) atoms. The molecule has 2 unspecified atom stereocenters. The fourth-order valence-electron chi connectivity index (χ4n) is 4.48. The van der Waals surface area contributed by atoms with E-state index in [1.165, 1.54) is 36.0 Å². The third-order valence-electron chi connectivity index (χ3n) is 5.79. The average Bonchev–Trinajstić information content (AvgIpc) is 2.59. The Morgan fingerprint density at radius 1 is 1.08 bits per heavy atom. The predicted molar refractivity (Wildman–Crippen MR) is 101 cm³/mol. The second kappa shape index (κ2) is 7.13. The van der Waals surface area contributed by atoms with Gasteiger partial charge in [-0.05, 0) is 61.4 Å². The smallest absolute Gasteiger partial charge is 0.123 e. The van der Waals surface area contributed by atoms with Gasteiger partial charge < -0.3 is 0 Å². The predicted octanol–water partition coefficient (Wildman–Crippen LogP) is 5.43. The van der Waals surface area contributed by atoms with Crippen LogP contribution in [0.1, 0.15) is 42.4 Å². The molecule has 0 spiro atoms. The van der Waals surface area contributed by atoms with E-state index >= 15 is 0 Å². The van der Waals surface area contributed by atoms with Crippen LogP contribution in [0.2, 0.25) is 0 Å². The van der Waals surface area contributed by atoms with Crippen LogP contribution >= 0.6 is 0 Å². The van der Waals surface area contributed by atoms with E-state index in [-0.39, 0.29) is 5.82 Å². The molecule has 0 radical (unpaired) electrons. The summed E-state index contributed by atoms with van der Waals surface area (Å²) in [7, 11) is 0. The summed E-state index contributed by atoms with van der Waals surface area (Å²) in [5.41, 5.74) is 5.28. The van der Waals surface area contributed by atoms with Crippen molar-refractivity contribution in [1.82, 2.24) is 4.90 Å². The van der Waals surface area contributed by atoms with Crippen molar-refractivity contribution in [2.75, 3.05) is 0 Å². The maximum atomic E-state index is 13.4. The van der Waals surface area contributed by atoms with E-state index in [0.29, 0.717) is 12.1 Å². The lowest BCUT2D eigenvalue weighted by Gasteiger charge is -2.45. The normalized spacial score (nSPS) is 23.4. The average molecular weight is 335 g/mol. The molecule has 2 aromatic carbocycles. The molecule has 0 aliphatic carbocycles. The molecule has 4 rings (SSSR count). The second-order valence-corrected chi connectivity index (χ2v) is 7.59. The lowest BCUT2D eigenvalue weighted by Crippen LogP contribution is -2.48. The van der Waals surface area contributed by atoms with Gasteiger partial charge in [0.25, 0.3) is 0 Å². The van der Waals surface area contributed by atoms with E-state index in [1.807, 2.05) is 13.0 Å². The molecular formula is C23H26FN. The molecule has 0 N–H and O–H groups in total. The van der Waals surface area contributed by atoms with Crippen LogP contribution in [-0.4, -0.2) is 17.0 Å². The number of aryl methyl sites for hydroxylation is 1. The van der Waals surface area contributed by atoms with Gasteiger partial charge in [0.05, 0.1) is 0 Å². The molecule has 2 aromatic rings. The van der Waals surface area contributed by atoms with Crippen LogP contribution < -0.4 is 0 Å². The molecule has 1 fully saturated rings. The van der Waals surface area contributed by atoms with E-state index in [1.54, 1.807) is 12.1 Å². The summed E-state index contributed by atoms with van der Waals surface area (Å²) in [5.74, 6) is -0.134.